The van der Waals surface area contributed by atoms with Gasteiger partial charge in [0.2, 0.25) is 11.2 Å². The van der Waals surface area contributed by atoms with E-state index in [1.165, 1.54) is 17.3 Å². The smallest absolute Gasteiger partial charge is 0.258 e. The standard InChI is InChI=1S/C12H17ClN8/c1-8-4-20(5-9(8)19(2)3)11-16-10(13)17-12(18-11)21-7-14-6-15-21/h6-9H,4-5H2,1-3H3. The van der Waals surface area contributed by atoms with Gasteiger partial charge in [0, 0.05) is 19.1 Å². The summed E-state index contributed by atoms with van der Waals surface area (Å²) in [6.45, 7) is 3.98. The average molecular weight is 309 g/mol. The van der Waals surface area contributed by atoms with Crippen molar-refractivity contribution in [2.75, 3.05) is 32.1 Å². The van der Waals surface area contributed by atoms with E-state index in [1.54, 1.807) is 0 Å². The topological polar surface area (TPSA) is 75.9 Å². The zero-order valence-electron chi connectivity index (χ0n) is 12.2. The normalized spacial score (nSPS) is 22.2. The molecule has 0 amide bonds. The molecule has 0 N–H and O–H groups in total. The monoisotopic (exact) mass is 308 g/mol. The molecule has 0 spiro atoms. The highest BCUT2D eigenvalue weighted by Gasteiger charge is 2.32. The summed E-state index contributed by atoms with van der Waals surface area (Å²) >= 11 is 6.02. The maximum Gasteiger partial charge on any atom is 0.258 e. The lowest BCUT2D eigenvalue weighted by atomic mass is 10.1. The molecule has 2 aromatic rings. The van der Waals surface area contributed by atoms with E-state index in [9.17, 15) is 0 Å². The van der Waals surface area contributed by atoms with E-state index in [0.717, 1.165) is 13.1 Å². The van der Waals surface area contributed by atoms with Crippen molar-refractivity contribution in [2.24, 2.45) is 5.92 Å². The van der Waals surface area contributed by atoms with Crippen LogP contribution in [0.4, 0.5) is 5.95 Å². The molecule has 9 heteroatoms. The Bertz CT molecular complexity index is 614. The number of likely N-dealkylation sites (N-methyl/N-ethyl adjacent to an activating group) is 1. The second kappa shape index (κ2) is 5.53. The van der Waals surface area contributed by atoms with Crippen LogP contribution in [0.3, 0.4) is 0 Å². The fourth-order valence-electron chi connectivity index (χ4n) is 2.67. The van der Waals surface area contributed by atoms with Crippen LogP contribution in [0.1, 0.15) is 6.92 Å². The average Bonchev–Trinajstić information content (AvgIpc) is 3.06. The van der Waals surface area contributed by atoms with Gasteiger partial charge in [0.05, 0.1) is 0 Å². The molecule has 2 atom stereocenters. The Labute approximate surface area is 127 Å². The summed E-state index contributed by atoms with van der Waals surface area (Å²) in [4.78, 5) is 21.0. The molecule has 0 aromatic carbocycles. The minimum Gasteiger partial charge on any atom is -0.339 e. The van der Waals surface area contributed by atoms with Crippen molar-refractivity contribution in [1.82, 2.24) is 34.6 Å². The quantitative estimate of drug-likeness (QED) is 0.817. The third-order valence-electron chi connectivity index (χ3n) is 3.73. The number of anilines is 1. The fraction of sp³-hybridized carbons (Fsp3) is 0.583. The number of halogens is 1. The lowest BCUT2D eigenvalue weighted by molar-refractivity contribution is 0.266. The van der Waals surface area contributed by atoms with Crippen molar-refractivity contribution < 1.29 is 0 Å². The van der Waals surface area contributed by atoms with Crippen LogP contribution in [0, 0.1) is 5.92 Å². The summed E-state index contributed by atoms with van der Waals surface area (Å²) in [6.07, 6.45) is 2.96. The Morgan fingerprint density at radius 1 is 1.19 bits per heavy atom. The van der Waals surface area contributed by atoms with Gasteiger partial charge in [0.25, 0.3) is 5.95 Å². The third kappa shape index (κ3) is 2.81. The zero-order chi connectivity index (χ0) is 15.0. The van der Waals surface area contributed by atoms with Crippen LogP contribution in [0.5, 0.6) is 0 Å². The summed E-state index contributed by atoms with van der Waals surface area (Å²) < 4.78 is 1.47. The van der Waals surface area contributed by atoms with Gasteiger partial charge >= 0.3 is 0 Å². The fourth-order valence-corrected chi connectivity index (χ4v) is 2.82. The van der Waals surface area contributed by atoms with E-state index in [-0.39, 0.29) is 5.28 Å². The molecule has 2 aromatic heterocycles. The van der Waals surface area contributed by atoms with Crippen molar-refractivity contribution in [3.8, 4) is 5.95 Å². The maximum atomic E-state index is 6.02. The van der Waals surface area contributed by atoms with Crippen LogP contribution in [0.15, 0.2) is 12.7 Å². The molecular weight excluding hydrogens is 292 g/mol. The van der Waals surface area contributed by atoms with E-state index >= 15 is 0 Å². The van der Waals surface area contributed by atoms with Gasteiger partial charge in [0.1, 0.15) is 12.7 Å². The van der Waals surface area contributed by atoms with Gasteiger partial charge in [0.15, 0.2) is 0 Å². The minimum atomic E-state index is 0.159. The second-order valence-corrected chi connectivity index (χ2v) is 5.80. The van der Waals surface area contributed by atoms with Crippen molar-refractivity contribution in [3.05, 3.63) is 17.9 Å². The van der Waals surface area contributed by atoms with Crippen molar-refractivity contribution in [2.45, 2.75) is 13.0 Å². The summed E-state index contributed by atoms with van der Waals surface area (Å²) in [5.74, 6) is 1.49. The molecule has 8 nitrogen and oxygen atoms in total. The number of hydrogen-bond donors (Lipinski definition) is 0. The van der Waals surface area contributed by atoms with Crippen LogP contribution in [-0.4, -0.2) is 67.8 Å². The molecule has 112 valence electrons. The third-order valence-corrected chi connectivity index (χ3v) is 3.90. The Kier molecular flexibility index (Phi) is 3.73. The summed E-state index contributed by atoms with van der Waals surface area (Å²) in [6, 6.07) is 0.468. The highest BCUT2D eigenvalue weighted by Crippen LogP contribution is 2.24. The van der Waals surface area contributed by atoms with Gasteiger partial charge < -0.3 is 9.80 Å². The van der Waals surface area contributed by atoms with Crippen LogP contribution < -0.4 is 4.90 Å². The van der Waals surface area contributed by atoms with E-state index < -0.39 is 0 Å². The van der Waals surface area contributed by atoms with Gasteiger partial charge in [-0.1, -0.05) is 6.92 Å². The van der Waals surface area contributed by atoms with Gasteiger partial charge in [-0.05, 0) is 31.6 Å². The number of rotatable bonds is 3. The van der Waals surface area contributed by atoms with Crippen molar-refractivity contribution in [3.63, 3.8) is 0 Å². The lowest BCUT2D eigenvalue weighted by Gasteiger charge is -2.22. The molecule has 1 aliphatic rings. The summed E-state index contributed by atoms with van der Waals surface area (Å²) in [7, 11) is 4.18. The number of nitrogens with zero attached hydrogens (tertiary/aromatic N) is 8. The van der Waals surface area contributed by atoms with Gasteiger partial charge in [-0.3, -0.25) is 0 Å². The highest BCUT2D eigenvalue weighted by molar-refractivity contribution is 6.28. The molecule has 1 saturated heterocycles. The first-order valence-electron chi connectivity index (χ1n) is 6.72. The van der Waals surface area contributed by atoms with Gasteiger partial charge in [-0.15, -0.1) is 0 Å². The van der Waals surface area contributed by atoms with Crippen LogP contribution in [0.2, 0.25) is 5.28 Å². The molecule has 21 heavy (non-hydrogen) atoms. The molecule has 0 saturated carbocycles. The molecule has 1 fully saturated rings. The molecule has 0 bridgehead atoms. The zero-order valence-corrected chi connectivity index (χ0v) is 12.9. The first-order chi connectivity index (χ1) is 10.0. The summed E-state index contributed by atoms with van der Waals surface area (Å²) in [5, 5.41) is 4.18. The molecule has 0 aliphatic carbocycles. The Hall–Kier alpha value is -1.80. The Morgan fingerprint density at radius 3 is 2.57 bits per heavy atom. The van der Waals surface area contributed by atoms with Gasteiger partial charge in [-0.2, -0.15) is 24.7 Å². The van der Waals surface area contributed by atoms with E-state index in [2.05, 4.69) is 55.9 Å². The number of hydrogen-bond acceptors (Lipinski definition) is 7. The SMILES string of the molecule is CC1CN(c2nc(Cl)nc(-n3cncn3)n2)CC1N(C)C. The van der Waals surface area contributed by atoms with Crippen molar-refractivity contribution in [1.29, 1.82) is 0 Å². The number of aromatic nitrogens is 6. The lowest BCUT2D eigenvalue weighted by Crippen LogP contribution is -2.34. The predicted octanol–water partition coefficient (Wildman–Crippen LogP) is 0.492. The molecular formula is C12H17ClN8. The molecule has 3 heterocycles. The molecule has 1 aliphatic heterocycles. The van der Waals surface area contributed by atoms with Crippen molar-refractivity contribution >= 4 is 17.5 Å². The predicted molar refractivity (Wildman–Crippen MR) is 78.6 cm³/mol. The van der Waals surface area contributed by atoms with Crippen LogP contribution in [-0.2, 0) is 0 Å². The Balaban J connectivity index is 1.90. The maximum absolute atomic E-state index is 6.02. The van der Waals surface area contributed by atoms with Gasteiger partial charge in [-0.25, -0.2) is 4.98 Å². The minimum absolute atomic E-state index is 0.159. The first kappa shape index (κ1) is 14.2. The van der Waals surface area contributed by atoms with Crippen LogP contribution in [0.25, 0.3) is 5.95 Å². The summed E-state index contributed by atoms with van der Waals surface area (Å²) in [5.41, 5.74) is 0. The second-order valence-electron chi connectivity index (χ2n) is 5.46. The van der Waals surface area contributed by atoms with E-state index in [1.807, 2.05) is 0 Å². The highest BCUT2D eigenvalue weighted by atomic mass is 35.5. The molecule has 3 rings (SSSR count). The van der Waals surface area contributed by atoms with Crippen LogP contribution >= 0.6 is 11.6 Å². The Morgan fingerprint density at radius 2 is 1.95 bits per heavy atom. The first-order valence-corrected chi connectivity index (χ1v) is 7.10. The molecule has 0 radical (unpaired) electrons. The van der Waals surface area contributed by atoms with E-state index in [4.69, 9.17) is 11.6 Å². The largest absolute Gasteiger partial charge is 0.339 e. The molecule has 2 unspecified atom stereocenters. The van der Waals surface area contributed by atoms with E-state index in [0.29, 0.717) is 23.9 Å².